The van der Waals surface area contributed by atoms with Crippen LogP contribution in [-0.2, 0) is 9.31 Å². The third-order valence-electron chi connectivity index (χ3n) is 3.02. The second-order valence-electron chi connectivity index (χ2n) is 3.96. The quantitative estimate of drug-likeness (QED) is 0.700. The summed E-state index contributed by atoms with van der Waals surface area (Å²) in [5.74, 6) is 0.845. The van der Waals surface area contributed by atoms with Gasteiger partial charge >= 0.3 is 7.12 Å². The molecule has 0 aliphatic carbocycles. The predicted octanol–water partition coefficient (Wildman–Crippen LogP) is 1.93. The highest BCUT2D eigenvalue weighted by Gasteiger charge is 2.42. The molecule has 3 rings (SSSR count). The molecule has 0 N–H and O–H groups in total. The van der Waals surface area contributed by atoms with Crippen molar-refractivity contribution in [1.82, 2.24) is 0 Å². The molecule has 1 aromatic rings. The maximum Gasteiger partial charge on any atom is 0.498 e. The first kappa shape index (κ1) is 10.4. The molecule has 0 aromatic heterocycles. The van der Waals surface area contributed by atoms with E-state index in [0.717, 1.165) is 28.2 Å². The van der Waals surface area contributed by atoms with Crippen LogP contribution in [0.3, 0.4) is 0 Å². The molecule has 2 aliphatic rings. The molecule has 0 amide bonds. The molecule has 84 valence electrons. The molecule has 0 saturated carbocycles. The zero-order chi connectivity index (χ0) is 11.1. The van der Waals surface area contributed by atoms with Crippen molar-refractivity contribution in [3.05, 3.63) is 22.7 Å². The Morgan fingerprint density at radius 1 is 1.44 bits per heavy atom. The van der Waals surface area contributed by atoms with Crippen LogP contribution >= 0.6 is 11.6 Å². The minimum Gasteiger partial charge on any atom is -0.492 e. The predicted molar refractivity (Wildman–Crippen MR) is 62.4 cm³/mol. The number of benzene rings is 1. The Bertz CT molecular complexity index is 424. The zero-order valence-electron chi connectivity index (χ0n) is 9.03. The Morgan fingerprint density at radius 3 is 3.12 bits per heavy atom. The summed E-state index contributed by atoms with van der Waals surface area (Å²) in [6.45, 7) is 3.18. The van der Waals surface area contributed by atoms with Gasteiger partial charge in [0.05, 0.1) is 12.7 Å². The van der Waals surface area contributed by atoms with Crippen LogP contribution in [0.25, 0.3) is 0 Å². The summed E-state index contributed by atoms with van der Waals surface area (Å²) in [5.41, 5.74) is 2.02. The molecule has 5 heteroatoms. The lowest BCUT2D eigenvalue weighted by atomic mass is 9.77. The van der Waals surface area contributed by atoms with Crippen LogP contribution in [0.4, 0.5) is 0 Å². The lowest BCUT2D eigenvalue weighted by Crippen LogP contribution is -2.31. The van der Waals surface area contributed by atoms with Gasteiger partial charge in [-0.3, -0.25) is 0 Å². The lowest BCUT2D eigenvalue weighted by molar-refractivity contribution is 0.141. The largest absolute Gasteiger partial charge is 0.498 e. The third kappa shape index (κ3) is 1.44. The van der Waals surface area contributed by atoms with Gasteiger partial charge in [-0.15, -0.1) is 0 Å². The minimum absolute atomic E-state index is 0.0224. The van der Waals surface area contributed by atoms with Crippen molar-refractivity contribution in [2.75, 3.05) is 13.2 Å². The maximum atomic E-state index is 6.22. The highest BCUT2D eigenvalue weighted by atomic mass is 35.5. The monoisotopic (exact) mass is 238 g/mol. The fourth-order valence-corrected chi connectivity index (χ4v) is 2.59. The fourth-order valence-electron chi connectivity index (χ4n) is 2.30. The summed E-state index contributed by atoms with van der Waals surface area (Å²) in [6, 6.07) is 3.76. The molecule has 1 aromatic carbocycles. The molecule has 0 unspecified atom stereocenters. The average molecular weight is 238 g/mol. The topological polar surface area (TPSA) is 27.7 Å². The fraction of sp³-hybridized carbons (Fsp3) is 0.455. The first-order valence-electron chi connectivity index (χ1n) is 5.53. The lowest BCUT2D eigenvalue weighted by Gasteiger charge is -2.13. The summed E-state index contributed by atoms with van der Waals surface area (Å²) < 4.78 is 17.1. The van der Waals surface area contributed by atoms with Gasteiger partial charge in [-0.05, 0) is 18.6 Å². The van der Waals surface area contributed by atoms with Crippen LogP contribution in [0.15, 0.2) is 12.1 Å². The van der Waals surface area contributed by atoms with E-state index in [-0.39, 0.29) is 13.2 Å². The van der Waals surface area contributed by atoms with Crippen LogP contribution in [0.1, 0.15) is 25.0 Å². The summed E-state index contributed by atoms with van der Waals surface area (Å²) in [7, 11) is -0.309. The SMILES string of the molecule is CC[C@H]1OB2OCCOc3ccc(Cl)c1c32. The summed E-state index contributed by atoms with van der Waals surface area (Å²) >= 11 is 6.22. The van der Waals surface area contributed by atoms with Gasteiger partial charge in [0, 0.05) is 16.0 Å². The van der Waals surface area contributed by atoms with Crippen molar-refractivity contribution < 1.29 is 14.0 Å². The molecule has 0 spiro atoms. The van der Waals surface area contributed by atoms with Crippen molar-refractivity contribution in [3.63, 3.8) is 0 Å². The Morgan fingerprint density at radius 2 is 2.31 bits per heavy atom. The van der Waals surface area contributed by atoms with Gasteiger partial charge in [0.25, 0.3) is 0 Å². The van der Waals surface area contributed by atoms with Gasteiger partial charge < -0.3 is 14.0 Å². The molecular weight excluding hydrogens is 226 g/mol. The number of hydrogen-bond acceptors (Lipinski definition) is 3. The van der Waals surface area contributed by atoms with E-state index in [9.17, 15) is 0 Å². The van der Waals surface area contributed by atoms with E-state index in [1.165, 1.54) is 0 Å². The van der Waals surface area contributed by atoms with Crippen LogP contribution in [0, 0.1) is 0 Å². The number of ether oxygens (including phenoxy) is 1. The van der Waals surface area contributed by atoms with E-state index in [2.05, 4.69) is 6.92 Å². The molecule has 2 heterocycles. The molecule has 16 heavy (non-hydrogen) atoms. The number of halogens is 1. The molecule has 2 aliphatic heterocycles. The van der Waals surface area contributed by atoms with Crippen molar-refractivity contribution in [1.29, 1.82) is 0 Å². The van der Waals surface area contributed by atoms with Crippen LogP contribution in [0.5, 0.6) is 5.75 Å². The van der Waals surface area contributed by atoms with Gasteiger partial charge in [0.1, 0.15) is 12.4 Å². The summed E-state index contributed by atoms with van der Waals surface area (Å²) in [6.07, 6.45) is 0.907. The van der Waals surface area contributed by atoms with Gasteiger partial charge in [-0.1, -0.05) is 18.5 Å². The zero-order valence-corrected chi connectivity index (χ0v) is 9.79. The number of rotatable bonds is 1. The Kier molecular flexibility index (Phi) is 2.58. The minimum atomic E-state index is -0.309. The molecule has 0 saturated heterocycles. The molecule has 1 atom stereocenters. The van der Waals surface area contributed by atoms with E-state index in [0.29, 0.717) is 13.2 Å². The Labute approximate surface area is 99.8 Å². The first-order valence-corrected chi connectivity index (χ1v) is 5.91. The highest BCUT2D eigenvalue weighted by molar-refractivity contribution is 6.64. The molecule has 3 nitrogen and oxygen atoms in total. The molecule has 0 fully saturated rings. The highest BCUT2D eigenvalue weighted by Crippen LogP contribution is 2.36. The molecule has 0 radical (unpaired) electrons. The number of hydrogen-bond donors (Lipinski definition) is 0. The van der Waals surface area contributed by atoms with E-state index >= 15 is 0 Å². The van der Waals surface area contributed by atoms with Gasteiger partial charge in [0.2, 0.25) is 0 Å². The first-order chi connectivity index (χ1) is 7.81. The van der Waals surface area contributed by atoms with E-state index < -0.39 is 0 Å². The molecular formula is C11H12BClO3. The third-order valence-corrected chi connectivity index (χ3v) is 3.35. The summed E-state index contributed by atoms with van der Waals surface area (Å²) in [4.78, 5) is 0. The van der Waals surface area contributed by atoms with E-state index in [1.54, 1.807) is 0 Å². The van der Waals surface area contributed by atoms with Crippen molar-refractivity contribution in [2.45, 2.75) is 19.4 Å². The smallest absolute Gasteiger partial charge is 0.492 e. The van der Waals surface area contributed by atoms with Gasteiger partial charge in [-0.2, -0.15) is 0 Å². The standard InChI is InChI=1S/C11H12BClO3/c1-2-8-10-7(13)3-4-9-11(10)12(16-8)15-6-5-14-9/h3-4,8H,2,5-6H2,1H3/t8-/m1/s1. The van der Waals surface area contributed by atoms with E-state index in [4.69, 9.17) is 25.6 Å². The second-order valence-corrected chi connectivity index (χ2v) is 4.36. The Balaban J connectivity index is 2.17. The van der Waals surface area contributed by atoms with Crippen molar-refractivity contribution >= 4 is 24.2 Å². The molecule has 0 bridgehead atoms. The van der Waals surface area contributed by atoms with Gasteiger partial charge in [0.15, 0.2) is 0 Å². The van der Waals surface area contributed by atoms with Crippen LogP contribution < -0.4 is 10.2 Å². The van der Waals surface area contributed by atoms with Crippen molar-refractivity contribution in [2.24, 2.45) is 0 Å². The maximum absolute atomic E-state index is 6.22. The van der Waals surface area contributed by atoms with Crippen molar-refractivity contribution in [3.8, 4) is 5.75 Å². The normalized spacial score (nSPS) is 22.6. The second kappa shape index (κ2) is 3.95. The van der Waals surface area contributed by atoms with Gasteiger partial charge in [-0.25, -0.2) is 0 Å². The van der Waals surface area contributed by atoms with E-state index in [1.807, 2.05) is 12.1 Å². The average Bonchev–Trinajstić information content (AvgIpc) is 2.55. The Hall–Kier alpha value is -0.705. The summed E-state index contributed by atoms with van der Waals surface area (Å²) in [5, 5.41) is 0.738. The van der Waals surface area contributed by atoms with Crippen LogP contribution in [0.2, 0.25) is 5.02 Å². The van der Waals surface area contributed by atoms with Crippen LogP contribution in [-0.4, -0.2) is 20.3 Å².